The molecule has 0 radical (unpaired) electrons. The van der Waals surface area contributed by atoms with Crippen molar-refractivity contribution >= 4 is 18.7 Å². The van der Waals surface area contributed by atoms with E-state index < -0.39 is 0 Å². The topological polar surface area (TPSA) is 24.4 Å². The first-order chi connectivity index (χ1) is 3.72. The highest BCUT2D eigenvalue weighted by atomic mass is 32.1. The third-order valence-corrected chi connectivity index (χ3v) is 1.13. The van der Waals surface area contributed by atoms with Crippen LogP contribution in [0.1, 0.15) is 13.8 Å². The Balaban J connectivity index is 3.72. The number of aliphatic imine (C=N–C) groups is 1. The molecule has 48 valence electrons. The van der Waals surface area contributed by atoms with E-state index >= 15 is 0 Å². The lowest BCUT2D eigenvalue weighted by molar-refractivity contribution is 0.861. The zero-order valence-corrected chi connectivity index (χ0v) is 6.37. The van der Waals surface area contributed by atoms with Crippen LogP contribution in [0, 0.1) is 5.92 Å². The van der Waals surface area contributed by atoms with E-state index in [1.807, 2.05) is 0 Å². The lowest BCUT2D eigenvalue weighted by atomic mass is 10.2. The van der Waals surface area contributed by atoms with Gasteiger partial charge in [0.2, 0.25) is 0 Å². The zero-order valence-electron chi connectivity index (χ0n) is 5.47. The Labute approximate surface area is 55.9 Å². The first kappa shape index (κ1) is 7.82. The van der Waals surface area contributed by atoms with Crippen LogP contribution in [0.15, 0.2) is 4.99 Å². The highest BCUT2D eigenvalue weighted by molar-refractivity contribution is 7.78. The molecule has 0 bridgehead atoms. The van der Waals surface area contributed by atoms with Crippen molar-refractivity contribution in [1.29, 1.82) is 0 Å². The van der Waals surface area contributed by atoms with Gasteiger partial charge in [0.15, 0.2) is 0 Å². The SMILES string of the molecule is CN=C(NS)C(C)C. The Kier molecular flexibility index (Phi) is 3.69. The summed E-state index contributed by atoms with van der Waals surface area (Å²) in [4.78, 5) is 3.94. The van der Waals surface area contributed by atoms with Gasteiger partial charge in [-0.3, -0.25) is 4.99 Å². The van der Waals surface area contributed by atoms with Gasteiger partial charge in [-0.15, -0.1) is 0 Å². The lowest BCUT2D eigenvalue weighted by Gasteiger charge is -2.05. The van der Waals surface area contributed by atoms with Crippen LogP contribution < -0.4 is 4.72 Å². The Hall–Kier alpha value is -0.180. The molecule has 0 fully saturated rings. The number of rotatable bonds is 1. The molecule has 0 amide bonds. The normalized spacial score (nSPS) is 12.4. The second-order valence-electron chi connectivity index (χ2n) is 1.88. The second-order valence-corrected chi connectivity index (χ2v) is 2.10. The largest absolute Gasteiger partial charge is 0.321 e. The summed E-state index contributed by atoms with van der Waals surface area (Å²) in [7, 11) is 1.75. The summed E-state index contributed by atoms with van der Waals surface area (Å²) in [5.74, 6) is 1.37. The van der Waals surface area contributed by atoms with Crippen molar-refractivity contribution in [3.05, 3.63) is 0 Å². The molecule has 0 heterocycles. The molecule has 0 unspecified atom stereocenters. The van der Waals surface area contributed by atoms with Gasteiger partial charge in [-0.05, 0) is 0 Å². The van der Waals surface area contributed by atoms with E-state index in [0.717, 1.165) is 5.84 Å². The fourth-order valence-corrected chi connectivity index (χ4v) is 0.795. The van der Waals surface area contributed by atoms with Gasteiger partial charge in [-0.1, -0.05) is 26.7 Å². The molecule has 8 heavy (non-hydrogen) atoms. The predicted molar refractivity (Wildman–Crippen MR) is 40.3 cm³/mol. The molecule has 0 atom stereocenters. The highest BCUT2D eigenvalue weighted by Gasteiger charge is 1.98. The van der Waals surface area contributed by atoms with Crippen LogP contribution in [-0.4, -0.2) is 12.9 Å². The molecular formula is C5H12N2S. The zero-order chi connectivity index (χ0) is 6.57. The maximum Gasteiger partial charge on any atom is 0.108 e. The van der Waals surface area contributed by atoms with Gasteiger partial charge in [-0.2, -0.15) is 0 Å². The number of hydrogen-bond donors (Lipinski definition) is 2. The number of hydrogen-bond acceptors (Lipinski definition) is 2. The summed E-state index contributed by atoms with van der Waals surface area (Å²) in [6, 6.07) is 0. The molecule has 0 aliphatic heterocycles. The molecule has 0 rings (SSSR count). The Bertz CT molecular complexity index is 88.4. The molecule has 0 saturated heterocycles. The average molecular weight is 132 g/mol. The minimum atomic E-state index is 0.442. The maximum atomic E-state index is 3.94. The van der Waals surface area contributed by atoms with Crippen LogP contribution in [0.4, 0.5) is 0 Å². The third-order valence-electron chi connectivity index (χ3n) is 0.902. The average Bonchev–Trinajstić information content (AvgIpc) is 1.69. The second kappa shape index (κ2) is 3.78. The minimum Gasteiger partial charge on any atom is -0.321 e. The third kappa shape index (κ3) is 2.21. The van der Waals surface area contributed by atoms with Crippen LogP contribution >= 0.6 is 12.8 Å². The Morgan fingerprint density at radius 3 is 2.12 bits per heavy atom. The van der Waals surface area contributed by atoms with E-state index in [-0.39, 0.29) is 0 Å². The van der Waals surface area contributed by atoms with E-state index in [2.05, 4.69) is 36.4 Å². The van der Waals surface area contributed by atoms with Gasteiger partial charge < -0.3 is 4.72 Å². The minimum absolute atomic E-state index is 0.442. The number of nitrogens with zero attached hydrogens (tertiary/aromatic N) is 1. The van der Waals surface area contributed by atoms with Gasteiger partial charge in [0.25, 0.3) is 0 Å². The molecule has 0 aromatic carbocycles. The van der Waals surface area contributed by atoms with E-state index in [9.17, 15) is 0 Å². The summed E-state index contributed by atoms with van der Waals surface area (Å²) < 4.78 is 2.70. The number of thiol groups is 1. The molecule has 1 N–H and O–H groups in total. The van der Waals surface area contributed by atoms with Gasteiger partial charge in [0.05, 0.1) is 0 Å². The molecular weight excluding hydrogens is 120 g/mol. The van der Waals surface area contributed by atoms with Crippen LogP contribution in [0.3, 0.4) is 0 Å². The van der Waals surface area contributed by atoms with Gasteiger partial charge in [-0.25, -0.2) is 0 Å². The monoisotopic (exact) mass is 132 g/mol. The van der Waals surface area contributed by atoms with Gasteiger partial charge in [0.1, 0.15) is 5.84 Å². The van der Waals surface area contributed by atoms with Crippen molar-refractivity contribution in [2.24, 2.45) is 10.9 Å². The first-order valence-corrected chi connectivity index (χ1v) is 3.04. The number of amidine groups is 1. The van der Waals surface area contributed by atoms with Crippen LogP contribution in [-0.2, 0) is 0 Å². The Morgan fingerprint density at radius 2 is 2.12 bits per heavy atom. The molecule has 0 aliphatic rings. The summed E-state index contributed by atoms with van der Waals surface area (Å²) in [6.45, 7) is 4.12. The Morgan fingerprint density at radius 1 is 1.62 bits per heavy atom. The molecule has 0 aromatic rings. The summed E-state index contributed by atoms with van der Waals surface area (Å²) >= 11 is 3.85. The molecule has 3 heteroatoms. The fraction of sp³-hybridized carbons (Fsp3) is 0.800. The quantitative estimate of drug-likeness (QED) is 0.312. The number of nitrogens with one attached hydrogen (secondary N) is 1. The smallest absolute Gasteiger partial charge is 0.108 e. The molecule has 0 aromatic heterocycles. The van der Waals surface area contributed by atoms with E-state index in [1.54, 1.807) is 7.05 Å². The summed E-state index contributed by atoms with van der Waals surface area (Å²) in [5.41, 5.74) is 0. The van der Waals surface area contributed by atoms with Crippen LogP contribution in [0.2, 0.25) is 0 Å². The van der Waals surface area contributed by atoms with Crippen molar-refractivity contribution in [3.8, 4) is 0 Å². The summed E-state index contributed by atoms with van der Waals surface area (Å²) in [6.07, 6.45) is 0. The predicted octanol–water partition coefficient (Wildman–Crippen LogP) is 1.11. The molecule has 0 saturated carbocycles. The molecule has 0 spiro atoms. The van der Waals surface area contributed by atoms with E-state index in [0.29, 0.717) is 5.92 Å². The van der Waals surface area contributed by atoms with Crippen molar-refractivity contribution in [2.75, 3.05) is 7.05 Å². The lowest BCUT2D eigenvalue weighted by Crippen LogP contribution is -2.19. The standard InChI is InChI=1S/C5H12N2S/c1-4(2)5(6-3)7-8/h4,8H,1-3H3,(H,6,7). The van der Waals surface area contributed by atoms with E-state index in [1.165, 1.54) is 0 Å². The summed E-state index contributed by atoms with van der Waals surface area (Å²) in [5, 5.41) is 0. The molecule has 2 nitrogen and oxygen atoms in total. The van der Waals surface area contributed by atoms with Crippen LogP contribution in [0.5, 0.6) is 0 Å². The maximum absolute atomic E-state index is 3.94. The van der Waals surface area contributed by atoms with Gasteiger partial charge in [0, 0.05) is 13.0 Å². The van der Waals surface area contributed by atoms with Crippen molar-refractivity contribution in [1.82, 2.24) is 4.72 Å². The van der Waals surface area contributed by atoms with Crippen molar-refractivity contribution in [3.63, 3.8) is 0 Å². The highest BCUT2D eigenvalue weighted by Crippen LogP contribution is 1.92. The van der Waals surface area contributed by atoms with E-state index in [4.69, 9.17) is 0 Å². The van der Waals surface area contributed by atoms with Crippen molar-refractivity contribution < 1.29 is 0 Å². The van der Waals surface area contributed by atoms with Crippen molar-refractivity contribution in [2.45, 2.75) is 13.8 Å². The fourth-order valence-electron chi connectivity index (χ4n) is 0.437. The molecule has 0 aliphatic carbocycles. The first-order valence-electron chi connectivity index (χ1n) is 2.59. The van der Waals surface area contributed by atoms with Gasteiger partial charge >= 0.3 is 0 Å². The van der Waals surface area contributed by atoms with Crippen LogP contribution in [0.25, 0.3) is 0 Å².